The number of anilines is 1. The average molecular weight is 393 g/mol. The number of halogens is 3. The van der Waals surface area contributed by atoms with Crippen LogP contribution in [0.25, 0.3) is 17.0 Å². The van der Waals surface area contributed by atoms with Crippen molar-refractivity contribution in [3.8, 4) is 5.88 Å². The van der Waals surface area contributed by atoms with Gasteiger partial charge in [-0.3, -0.25) is 9.89 Å². The van der Waals surface area contributed by atoms with E-state index in [1.165, 1.54) is 19.2 Å². The maximum atomic E-state index is 14.4. The summed E-state index contributed by atoms with van der Waals surface area (Å²) in [5.74, 6) is -2.58. The van der Waals surface area contributed by atoms with Crippen LogP contribution in [0, 0.1) is 19.7 Å². The number of methoxy groups -OCH3 is 1. The third-order valence-corrected chi connectivity index (χ3v) is 4.26. The molecule has 1 amide bonds. The predicted molar refractivity (Wildman–Crippen MR) is 99.0 cm³/mol. The molecule has 0 saturated heterocycles. The van der Waals surface area contributed by atoms with E-state index in [9.17, 15) is 13.6 Å². The van der Waals surface area contributed by atoms with Crippen LogP contribution in [0.1, 0.15) is 16.8 Å². The highest BCUT2D eigenvalue weighted by Gasteiger charge is 2.17. The van der Waals surface area contributed by atoms with Gasteiger partial charge in [0, 0.05) is 17.0 Å². The Balaban J connectivity index is 1.89. The third-order valence-electron chi connectivity index (χ3n) is 3.97. The molecule has 0 spiro atoms. The van der Waals surface area contributed by atoms with E-state index in [0.29, 0.717) is 28.2 Å². The summed E-state index contributed by atoms with van der Waals surface area (Å²) < 4.78 is 33.8. The number of hydrogen-bond acceptors (Lipinski definition) is 4. The highest BCUT2D eigenvalue weighted by Crippen LogP contribution is 2.27. The number of aromatic nitrogens is 3. The lowest BCUT2D eigenvalue weighted by Gasteiger charge is -2.12. The fraction of sp³-hybridized carbons (Fsp3) is 0.167. The van der Waals surface area contributed by atoms with Crippen LogP contribution >= 0.6 is 11.6 Å². The molecule has 9 heteroatoms. The molecule has 0 radical (unpaired) electrons. The minimum atomic E-state index is -1.16. The van der Waals surface area contributed by atoms with Crippen molar-refractivity contribution in [2.24, 2.45) is 0 Å². The second-order valence-corrected chi connectivity index (χ2v) is 6.17. The molecule has 2 heterocycles. The van der Waals surface area contributed by atoms with Crippen LogP contribution in [0.3, 0.4) is 0 Å². The summed E-state index contributed by atoms with van der Waals surface area (Å²) >= 11 is 5.84. The van der Waals surface area contributed by atoms with Crippen LogP contribution in [0.15, 0.2) is 24.0 Å². The number of ether oxygens (including phenoxy) is 1. The minimum Gasteiger partial charge on any atom is -0.481 e. The lowest BCUT2D eigenvalue weighted by atomic mass is 10.1. The van der Waals surface area contributed by atoms with E-state index in [1.807, 2.05) is 0 Å². The zero-order chi connectivity index (χ0) is 19.7. The molecule has 0 aliphatic rings. The predicted octanol–water partition coefficient (Wildman–Crippen LogP) is 4.32. The molecule has 0 aliphatic carbocycles. The van der Waals surface area contributed by atoms with Crippen LogP contribution in [0.2, 0.25) is 5.15 Å². The van der Waals surface area contributed by atoms with E-state index >= 15 is 0 Å². The molecular formula is C18H15ClF2N4O2. The van der Waals surface area contributed by atoms with Gasteiger partial charge in [0.25, 0.3) is 5.91 Å². The van der Waals surface area contributed by atoms with Gasteiger partial charge in [-0.1, -0.05) is 17.7 Å². The Kier molecular flexibility index (Phi) is 5.09. The zero-order valence-electron chi connectivity index (χ0n) is 14.7. The van der Waals surface area contributed by atoms with Gasteiger partial charge in [-0.2, -0.15) is 5.10 Å². The minimum absolute atomic E-state index is 0.0343. The van der Waals surface area contributed by atoms with E-state index < -0.39 is 17.6 Å². The van der Waals surface area contributed by atoms with E-state index in [1.54, 1.807) is 19.9 Å². The molecule has 27 heavy (non-hydrogen) atoms. The number of hydrogen-bond donors (Lipinski definition) is 2. The second-order valence-electron chi connectivity index (χ2n) is 5.79. The molecule has 0 aliphatic heterocycles. The number of fused-ring (bicyclic) bond motifs is 1. The molecular weight excluding hydrogens is 378 g/mol. The fourth-order valence-corrected chi connectivity index (χ4v) is 2.80. The van der Waals surface area contributed by atoms with Crippen molar-refractivity contribution in [1.29, 1.82) is 0 Å². The number of nitrogens with zero attached hydrogens (tertiary/aromatic N) is 2. The van der Waals surface area contributed by atoms with Crippen LogP contribution in [0.5, 0.6) is 5.88 Å². The van der Waals surface area contributed by atoms with E-state index in [-0.39, 0.29) is 16.2 Å². The molecule has 0 fully saturated rings. The average Bonchev–Trinajstić information content (AvgIpc) is 3.01. The zero-order valence-corrected chi connectivity index (χ0v) is 15.4. The summed E-state index contributed by atoms with van der Waals surface area (Å²) in [5.41, 5.74) is 1.32. The molecule has 0 bridgehead atoms. The topological polar surface area (TPSA) is 79.9 Å². The van der Waals surface area contributed by atoms with Gasteiger partial charge in [0.2, 0.25) is 5.88 Å². The van der Waals surface area contributed by atoms with Gasteiger partial charge >= 0.3 is 0 Å². The summed E-state index contributed by atoms with van der Waals surface area (Å²) in [7, 11) is 1.47. The van der Waals surface area contributed by atoms with Crippen molar-refractivity contribution >= 4 is 40.2 Å². The standard InChI is InChI=1S/C18H15ClF2N4O2/c1-8-6-13(27-3)22-9(2)15(8)23-18(26)12(20)7-10-4-5-11-16(14(10)21)24-25-17(11)19/h4-7H,1-3H3,(H,23,26)(H,24,25)/b12-7-. The van der Waals surface area contributed by atoms with Crippen molar-refractivity contribution in [2.75, 3.05) is 12.4 Å². The van der Waals surface area contributed by atoms with Crippen molar-refractivity contribution in [3.05, 3.63) is 51.8 Å². The fourth-order valence-electron chi connectivity index (χ4n) is 2.61. The van der Waals surface area contributed by atoms with Gasteiger partial charge < -0.3 is 10.1 Å². The highest BCUT2D eigenvalue weighted by molar-refractivity contribution is 6.34. The van der Waals surface area contributed by atoms with Gasteiger partial charge in [0.05, 0.1) is 18.5 Å². The van der Waals surface area contributed by atoms with Gasteiger partial charge in [-0.05, 0) is 31.6 Å². The Bertz CT molecular complexity index is 1060. The number of H-pyrrole nitrogens is 1. The number of aryl methyl sites for hydroxylation is 2. The third kappa shape index (κ3) is 3.61. The Labute approximate surface area is 158 Å². The highest BCUT2D eigenvalue weighted by atomic mass is 35.5. The molecule has 0 atom stereocenters. The molecule has 0 saturated carbocycles. The SMILES string of the molecule is COc1cc(C)c(NC(=O)/C(F)=C/c2ccc3c(Cl)[nH]nc3c2F)c(C)n1. The monoisotopic (exact) mass is 392 g/mol. The lowest BCUT2D eigenvalue weighted by molar-refractivity contribution is -0.114. The second kappa shape index (κ2) is 7.32. The number of nitrogens with one attached hydrogen (secondary N) is 2. The van der Waals surface area contributed by atoms with Crippen molar-refractivity contribution in [3.63, 3.8) is 0 Å². The van der Waals surface area contributed by atoms with Crippen molar-refractivity contribution < 1.29 is 18.3 Å². The van der Waals surface area contributed by atoms with E-state index in [0.717, 1.165) is 6.08 Å². The first-order valence-corrected chi connectivity index (χ1v) is 8.22. The molecule has 2 N–H and O–H groups in total. The van der Waals surface area contributed by atoms with Crippen LogP contribution in [-0.4, -0.2) is 28.2 Å². The molecule has 3 rings (SSSR count). The van der Waals surface area contributed by atoms with Gasteiger partial charge in [0.1, 0.15) is 10.7 Å². The summed E-state index contributed by atoms with van der Waals surface area (Å²) in [6.07, 6.45) is 0.800. The lowest BCUT2D eigenvalue weighted by Crippen LogP contribution is -2.14. The Hall–Kier alpha value is -3.00. The Morgan fingerprint density at radius 3 is 2.78 bits per heavy atom. The summed E-state index contributed by atoms with van der Waals surface area (Å²) in [6, 6.07) is 4.42. The molecule has 140 valence electrons. The van der Waals surface area contributed by atoms with Gasteiger partial charge in [-0.25, -0.2) is 13.8 Å². The van der Waals surface area contributed by atoms with Gasteiger partial charge in [0.15, 0.2) is 11.6 Å². The van der Waals surface area contributed by atoms with E-state index in [4.69, 9.17) is 16.3 Å². The number of carbonyl (C=O) groups excluding carboxylic acids is 1. The molecule has 1 aromatic carbocycles. The first-order chi connectivity index (χ1) is 12.8. The number of rotatable bonds is 4. The number of benzene rings is 1. The quantitative estimate of drug-likeness (QED) is 0.648. The van der Waals surface area contributed by atoms with Gasteiger partial charge in [-0.15, -0.1) is 0 Å². The largest absolute Gasteiger partial charge is 0.481 e. The summed E-state index contributed by atoms with van der Waals surface area (Å²) in [4.78, 5) is 16.3. The number of amides is 1. The number of carbonyl (C=O) groups is 1. The number of pyridine rings is 1. The molecule has 2 aromatic heterocycles. The maximum Gasteiger partial charge on any atom is 0.284 e. The van der Waals surface area contributed by atoms with Crippen molar-refractivity contribution in [1.82, 2.24) is 15.2 Å². The molecule has 3 aromatic rings. The maximum absolute atomic E-state index is 14.4. The normalized spacial score (nSPS) is 11.7. The summed E-state index contributed by atoms with van der Waals surface area (Å²) in [6.45, 7) is 3.38. The molecule has 6 nitrogen and oxygen atoms in total. The Morgan fingerprint density at radius 2 is 2.11 bits per heavy atom. The van der Waals surface area contributed by atoms with Crippen LogP contribution in [-0.2, 0) is 4.79 Å². The van der Waals surface area contributed by atoms with E-state index in [2.05, 4.69) is 20.5 Å². The van der Waals surface area contributed by atoms with Crippen LogP contribution < -0.4 is 10.1 Å². The first kappa shape index (κ1) is 18.8. The smallest absolute Gasteiger partial charge is 0.284 e. The Morgan fingerprint density at radius 1 is 1.37 bits per heavy atom. The molecule has 0 unspecified atom stereocenters. The van der Waals surface area contributed by atoms with Crippen LogP contribution in [0.4, 0.5) is 14.5 Å². The first-order valence-electron chi connectivity index (χ1n) is 7.84. The number of aromatic amines is 1. The summed E-state index contributed by atoms with van der Waals surface area (Å²) in [5, 5.41) is 9.16. The van der Waals surface area contributed by atoms with Crippen molar-refractivity contribution in [2.45, 2.75) is 13.8 Å².